The quantitative estimate of drug-likeness (QED) is 0.441. The standard InChI is InChI=1S/C21H18O9/c1-10(22)29-16-7-12(4-5-15(16)27-3)6-13-9-28-17-8-14(24)21(30-11(2)23)20(26)18(17)19(13)25/h4-8,24,26H,9H2,1-3H3/b13-6+. The summed E-state index contributed by atoms with van der Waals surface area (Å²) < 4.78 is 20.5. The van der Waals surface area contributed by atoms with Gasteiger partial charge in [-0.3, -0.25) is 14.4 Å². The molecule has 0 radical (unpaired) electrons. The summed E-state index contributed by atoms with van der Waals surface area (Å²) in [5.41, 5.74) is 0.451. The number of methoxy groups -OCH3 is 1. The van der Waals surface area contributed by atoms with E-state index in [9.17, 15) is 24.6 Å². The lowest BCUT2D eigenvalue weighted by Gasteiger charge is -2.21. The van der Waals surface area contributed by atoms with Crippen LogP contribution in [0.15, 0.2) is 29.8 Å². The second-order valence-corrected chi connectivity index (χ2v) is 6.33. The van der Waals surface area contributed by atoms with E-state index in [0.29, 0.717) is 11.3 Å². The molecule has 0 saturated carbocycles. The van der Waals surface area contributed by atoms with Crippen LogP contribution in [0.4, 0.5) is 0 Å². The summed E-state index contributed by atoms with van der Waals surface area (Å²) in [7, 11) is 1.43. The molecule has 156 valence electrons. The number of Topliss-reactive ketones (excluding diaryl/α,β-unsaturated/α-hetero) is 1. The summed E-state index contributed by atoms with van der Waals surface area (Å²) in [6.45, 7) is 2.21. The molecule has 0 atom stereocenters. The number of hydrogen-bond acceptors (Lipinski definition) is 9. The van der Waals surface area contributed by atoms with Crippen LogP contribution in [-0.2, 0) is 9.59 Å². The lowest BCUT2D eigenvalue weighted by molar-refractivity contribution is -0.133. The normalized spacial score (nSPS) is 14.0. The molecule has 1 heterocycles. The minimum absolute atomic E-state index is 0.0432. The smallest absolute Gasteiger partial charge is 0.308 e. The fourth-order valence-electron chi connectivity index (χ4n) is 2.90. The maximum absolute atomic E-state index is 12.9. The Morgan fingerprint density at radius 3 is 2.40 bits per heavy atom. The Kier molecular flexibility index (Phi) is 5.63. The highest BCUT2D eigenvalue weighted by atomic mass is 16.6. The molecule has 0 fully saturated rings. The van der Waals surface area contributed by atoms with Crippen LogP contribution in [0.3, 0.4) is 0 Å². The molecule has 0 spiro atoms. The van der Waals surface area contributed by atoms with Crippen molar-refractivity contribution in [3.05, 3.63) is 41.0 Å². The van der Waals surface area contributed by atoms with Crippen LogP contribution < -0.4 is 18.9 Å². The number of hydrogen-bond donors (Lipinski definition) is 2. The van der Waals surface area contributed by atoms with Gasteiger partial charge in [-0.2, -0.15) is 0 Å². The van der Waals surface area contributed by atoms with Crippen molar-refractivity contribution in [1.82, 2.24) is 0 Å². The molecule has 0 aromatic heterocycles. The van der Waals surface area contributed by atoms with Crippen LogP contribution in [0.1, 0.15) is 29.8 Å². The number of ketones is 1. The Morgan fingerprint density at radius 1 is 1.07 bits per heavy atom. The first-order chi connectivity index (χ1) is 14.2. The van der Waals surface area contributed by atoms with Crippen molar-refractivity contribution >= 4 is 23.8 Å². The molecule has 30 heavy (non-hydrogen) atoms. The van der Waals surface area contributed by atoms with Gasteiger partial charge in [-0.1, -0.05) is 6.07 Å². The summed E-state index contributed by atoms with van der Waals surface area (Å²) in [5, 5.41) is 20.3. The van der Waals surface area contributed by atoms with Gasteiger partial charge >= 0.3 is 11.9 Å². The number of rotatable bonds is 4. The highest BCUT2D eigenvalue weighted by Crippen LogP contribution is 2.46. The summed E-state index contributed by atoms with van der Waals surface area (Å²) >= 11 is 0. The molecule has 9 nitrogen and oxygen atoms in total. The van der Waals surface area contributed by atoms with Crippen molar-refractivity contribution in [1.29, 1.82) is 0 Å². The predicted octanol–water partition coefficient (Wildman–Crippen LogP) is 2.62. The van der Waals surface area contributed by atoms with Gasteiger partial charge in [0.1, 0.15) is 17.9 Å². The summed E-state index contributed by atoms with van der Waals surface area (Å²) in [5.74, 6) is -3.19. The van der Waals surface area contributed by atoms with Gasteiger partial charge < -0.3 is 29.2 Å². The van der Waals surface area contributed by atoms with Crippen LogP contribution in [0.25, 0.3) is 6.08 Å². The molecule has 9 heteroatoms. The molecule has 0 amide bonds. The van der Waals surface area contributed by atoms with Gasteiger partial charge in [0, 0.05) is 25.5 Å². The Hall–Kier alpha value is -4.01. The van der Waals surface area contributed by atoms with Crippen molar-refractivity contribution in [2.75, 3.05) is 13.7 Å². The van der Waals surface area contributed by atoms with E-state index >= 15 is 0 Å². The number of aromatic hydroxyl groups is 2. The average molecular weight is 414 g/mol. The highest BCUT2D eigenvalue weighted by molar-refractivity contribution is 6.16. The number of fused-ring (bicyclic) bond motifs is 1. The zero-order valence-corrected chi connectivity index (χ0v) is 16.3. The third kappa shape index (κ3) is 4.04. The van der Waals surface area contributed by atoms with E-state index in [0.717, 1.165) is 13.0 Å². The van der Waals surface area contributed by atoms with Crippen molar-refractivity contribution < 1.29 is 43.5 Å². The van der Waals surface area contributed by atoms with E-state index in [1.807, 2.05) is 0 Å². The molecular weight excluding hydrogens is 396 g/mol. The number of phenolic OH excluding ortho intramolecular Hbond substituents is 2. The topological polar surface area (TPSA) is 129 Å². The van der Waals surface area contributed by atoms with Gasteiger partial charge in [0.2, 0.25) is 5.75 Å². The van der Waals surface area contributed by atoms with Crippen molar-refractivity contribution in [2.24, 2.45) is 0 Å². The third-order valence-corrected chi connectivity index (χ3v) is 4.13. The SMILES string of the molecule is COc1ccc(/C=C2\COc3cc(O)c(OC(C)=O)c(O)c3C2=O)cc1OC(C)=O. The maximum atomic E-state index is 12.9. The lowest BCUT2D eigenvalue weighted by Crippen LogP contribution is -2.19. The lowest BCUT2D eigenvalue weighted by atomic mass is 9.96. The van der Waals surface area contributed by atoms with Crippen molar-refractivity contribution in [3.63, 3.8) is 0 Å². The van der Waals surface area contributed by atoms with Crippen LogP contribution >= 0.6 is 0 Å². The van der Waals surface area contributed by atoms with Gasteiger partial charge in [0.15, 0.2) is 28.8 Å². The van der Waals surface area contributed by atoms with Gasteiger partial charge in [-0.15, -0.1) is 0 Å². The first kappa shape index (κ1) is 20.7. The second kappa shape index (κ2) is 8.16. The van der Waals surface area contributed by atoms with E-state index in [-0.39, 0.29) is 29.2 Å². The highest BCUT2D eigenvalue weighted by Gasteiger charge is 2.31. The minimum Gasteiger partial charge on any atom is -0.504 e. The predicted molar refractivity (Wildman–Crippen MR) is 103 cm³/mol. The van der Waals surface area contributed by atoms with Crippen LogP contribution in [0.2, 0.25) is 0 Å². The molecule has 3 rings (SSSR count). The second-order valence-electron chi connectivity index (χ2n) is 6.33. The van der Waals surface area contributed by atoms with E-state index in [1.165, 1.54) is 26.2 Å². The van der Waals surface area contributed by atoms with E-state index in [2.05, 4.69) is 0 Å². The molecule has 2 aromatic carbocycles. The zero-order chi connectivity index (χ0) is 22.0. The minimum atomic E-state index is -0.781. The largest absolute Gasteiger partial charge is 0.504 e. The molecule has 0 unspecified atom stereocenters. The Balaban J connectivity index is 2.02. The Labute approximate surface area is 171 Å². The van der Waals surface area contributed by atoms with Crippen LogP contribution in [-0.4, -0.2) is 41.7 Å². The number of ether oxygens (including phenoxy) is 4. The molecular formula is C21H18O9. The number of phenols is 2. The number of carbonyl (C=O) groups excluding carboxylic acids is 3. The van der Waals surface area contributed by atoms with Gasteiger partial charge in [-0.05, 0) is 23.8 Å². The van der Waals surface area contributed by atoms with Crippen LogP contribution in [0.5, 0.6) is 34.5 Å². The van der Waals surface area contributed by atoms with Crippen molar-refractivity contribution in [3.8, 4) is 34.5 Å². The van der Waals surface area contributed by atoms with E-state index < -0.39 is 35.0 Å². The zero-order valence-electron chi connectivity index (χ0n) is 16.3. The first-order valence-corrected chi connectivity index (χ1v) is 8.73. The summed E-state index contributed by atoms with van der Waals surface area (Å²) in [6, 6.07) is 5.81. The molecule has 2 N–H and O–H groups in total. The molecule has 0 saturated heterocycles. The molecule has 0 aliphatic carbocycles. The Bertz CT molecular complexity index is 1080. The fraction of sp³-hybridized carbons (Fsp3) is 0.190. The number of esters is 2. The van der Waals surface area contributed by atoms with Crippen LogP contribution in [0, 0.1) is 0 Å². The van der Waals surface area contributed by atoms with E-state index in [4.69, 9.17) is 18.9 Å². The van der Waals surface area contributed by atoms with Gasteiger partial charge in [0.25, 0.3) is 0 Å². The number of benzene rings is 2. The van der Waals surface area contributed by atoms with Gasteiger partial charge in [0.05, 0.1) is 7.11 Å². The maximum Gasteiger partial charge on any atom is 0.308 e. The Morgan fingerprint density at radius 2 is 1.77 bits per heavy atom. The monoisotopic (exact) mass is 414 g/mol. The average Bonchev–Trinajstić information content (AvgIpc) is 2.66. The molecule has 1 aliphatic rings. The third-order valence-electron chi connectivity index (χ3n) is 4.13. The summed E-state index contributed by atoms with van der Waals surface area (Å²) in [4.78, 5) is 35.4. The first-order valence-electron chi connectivity index (χ1n) is 8.73. The molecule has 0 bridgehead atoms. The number of carbonyl (C=O) groups is 3. The van der Waals surface area contributed by atoms with E-state index in [1.54, 1.807) is 12.1 Å². The van der Waals surface area contributed by atoms with Gasteiger partial charge in [-0.25, -0.2) is 0 Å². The molecule has 2 aromatic rings. The fourth-order valence-corrected chi connectivity index (χ4v) is 2.90. The summed E-state index contributed by atoms with van der Waals surface area (Å²) in [6.07, 6.45) is 1.50. The molecule has 1 aliphatic heterocycles. The van der Waals surface area contributed by atoms with Crippen molar-refractivity contribution in [2.45, 2.75) is 13.8 Å².